The Morgan fingerprint density at radius 3 is 2.71 bits per heavy atom. The molecule has 0 aliphatic carbocycles. The summed E-state index contributed by atoms with van der Waals surface area (Å²) in [4.78, 5) is 21.6. The lowest BCUT2D eigenvalue weighted by Gasteiger charge is -2.05. The number of aldehydes is 1. The number of carbonyl (C=O) groups is 2. The highest BCUT2D eigenvalue weighted by Crippen LogP contribution is 2.18. The quantitative estimate of drug-likeness (QED) is 0.369. The largest absolute Gasteiger partial charge is 0.424 e. The van der Waals surface area contributed by atoms with Crippen LogP contribution in [0.4, 0.5) is 0 Å². The number of halogens is 2. The number of para-hydroxylation sites is 1. The van der Waals surface area contributed by atoms with Gasteiger partial charge in [-0.2, -0.15) is 0 Å². The summed E-state index contributed by atoms with van der Waals surface area (Å²) in [6, 6.07) is 6.40. The molecule has 0 saturated heterocycles. The fraction of sp³-hybridized carbons (Fsp3) is 0.111. The lowest BCUT2D eigenvalue weighted by Crippen LogP contribution is -2.15. The number of esters is 1. The van der Waals surface area contributed by atoms with Crippen LogP contribution in [0.2, 0.25) is 0 Å². The first kappa shape index (κ1) is 11.2. The highest BCUT2D eigenvalue weighted by molar-refractivity contribution is 9.10. The van der Waals surface area contributed by atoms with Crippen LogP contribution in [-0.2, 0) is 4.79 Å². The highest BCUT2D eigenvalue weighted by Gasteiger charge is 2.14. The van der Waals surface area contributed by atoms with Crippen LogP contribution >= 0.6 is 27.5 Å². The Kier molecular flexibility index (Phi) is 4.10. The molecule has 0 amide bonds. The van der Waals surface area contributed by atoms with Gasteiger partial charge >= 0.3 is 5.97 Å². The lowest BCUT2D eigenvalue weighted by atomic mass is 10.2. The van der Waals surface area contributed by atoms with Gasteiger partial charge in [-0.1, -0.05) is 39.7 Å². The van der Waals surface area contributed by atoms with Crippen LogP contribution in [0, 0.1) is 0 Å². The highest BCUT2D eigenvalue weighted by atomic mass is 79.9. The minimum Gasteiger partial charge on any atom is -0.424 e. The van der Waals surface area contributed by atoms with E-state index in [0.29, 0.717) is 11.8 Å². The van der Waals surface area contributed by atoms with E-state index < -0.39 is 10.3 Å². The van der Waals surface area contributed by atoms with E-state index in [1.165, 1.54) is 6.07 Å². The average Bonchev–Trinajstić information content (AvgIpc) is 2.18. The molecule has 0 radical (unpaired) electrons. The third-order valence-electron chi connectivity index (χ3n) is 1.43. The smallest absolute Gasteiger partial charge is 0.340 e. The topological polar surface area (TPSA) is 43.4 Å². The summed E-state index contributed by atoms with van der Waals surface area (Å²) < 4.78 is 3.93. The SMILES string of the molecule is O=Cc1ccccc1OC(=O)C(Cl)Br. The molecule has 3 nitrogen and oxygen atoms in total. The maximum atomic E-state index is 11.1. The second-order valence-electron chi connectivity index (χ2n) is 2.38. The summed E-state index contributed by atoms with van der Waals surface area (Å²) in [7, 11) is 0. The minimum atomic E-state index is -0.915. The molecule has 1 aromatic rings. The van der Waals surface area contributed by atoms with Crippen molar-refractivity contribution in [3.8, 4) is 5.75 Å². The monoisotopic (exact) mass is 276 g/mol. The summed E-state index contributed by atoms with van der Waals surface area (Å²) in [6.07, 6.45) is 0.611. The summed E-state index contributed by atoms with van der Waals surface area (Å²) in [6.45, 7) is 0. The fourth-order valence-corrected chi connectivity index (χ4v) is 0.962. The molecule has 1 unspecified atom stereocenters. The van der Waals surface area contributed by atoms with E-state index in [1.54, 1.807) is 18.2 Å². The molecule has 0 fully saturated rings. The Labute approximate surface area is 94.1 Å². The molecule has 14 heavy (non-hydrogen) atoms. The van der Waals surface area contributed by atoms with Crippen LogP contribution in [0.25, 0.3) is 0 Å². The van der Waals surface area contributed by atoms with E-state index >= 15 is 0 Å². The van der Waals surface area contributed by atoms with Crippen molar-refractivity contribution in [3.05, 3.63) is 29.8 Å². The van der Waals surface area contributed by atoms with Crippen molar-refractivity contribution >= 4 is 39.8 Å². The van der Waals surface area contributed by atoms with Gasteiger partial charge in [-0.3, -0.25) is 4.79 Å². The van der Waals surface area contributed by atoms with Gasteiger partial charge in [0.25, 0.3) is 0 Å². The third kappa shape index (κ3) is 2.82. The number of hydrogen-bond donors (Lipinski definition) is 0. The maximum absolute atomic E-state index is 11.1. The Balaban J connectivity index is 2.85. The van der Waals surface area contributed by atoms with Crippen LogP contribution in [0.1, 0.15) is 10.4 Å². The van der Waals surface area contributed by atoms with Crippen molar-refractivity contribution in [3.63, 3.8) is 0 Å². The predicted octanol–water partition coefficient (Wildman–Crippen LogP) is 2.36. The zero-order valence-corrected chi connectivity index (χ0v) is 9.29. The van der Waals surface area contributed by atoms with E-state index in [9.17, 15) is 9.59 Å². The van der Waals surface area contributed by atoms with Gasteiger partial charge in [0.05, 0.1) is 5.56 Å². The summed E-state index contributed by atoms with van der Waals surface area (Å²) in [5, 5.41) is 0. The van der Waals surface area contributed by atoms with Crippen LogP contribution in [-0.4, -0.2) is 16.5 Å². The molecule has 0 saturated carbocycles. The van der Waals surface area contributed by atoms with Gasteiger partial charge in [0.2, 0.25) is 0 Å². The van der Waals surface area contributed by atoms with Crippen LogP contribution in [0.15, 0.2) is 24.3 Å². The number of hydrogen-bond acceptors (Lipinski definition) is 3. The van der Waals surface area contributed by atoms with Gasteiger partial charge in [-0.05, 0) is 12.1 Å². The van der Waals surface area contributed by atoms with Crippen LogP contribution < -0.4 is 4.74 Å². The number of alkyl halides is 2. The number of benzene rings is 1. The molecule has 74 valence electrons. The fourth-order valence-electron chi connectivity index (χ4n) is 0.824. The Morgan fingerprint density at radius 1 is 1.50 bits per heavy atom. The molecule has 0 bridgehead atoms. The molecule has 5 heteroatoms. The molecule has 0 spiro atoms. The van der Waals surface area contributed by atoms with Crippen molar-refractivity contribution < 1.29 is 14.3 Å². The van der Waals surface area contributed by atoms with E-state index in [1.807, 2.05) is 0 Å². The summed E-state index contributed by atoms with van der Waals surface area (Å²) in [5.74, 6) is -0.446. The van der Waals surface area contributed by atoms with Gasteiger partial charge in [0.1, 0.15) is 5.75 Å². The van der Waals surface area contributed by atoms with Crippen molar-refractivity contribution in [2.75, 3.05) is 0 Å². The average molecular weight is 278 g/mol. The molecule has 1 aromatic carbocycles. The number of rotatable bonds is 3. The second kappa shape index (κ2) is 5.12. The zero-order chi connectivity index (χ0) is 10.6. The second-order valence-corrected chi connectivity index (χ2v) is 4.26. The van der Waals surface area contributed by atoms with E-state index in [4.69, 9.17) is 16.3 Å². The lowest BCUT2D eigenvalue weighted by molar-refractivity contribution is -0.132. The first-order chi connectivity index (χ1) is 6.65. The molecule has 0 N–H and O–H groups in total. The molecular weight excluding hydrogens is 271 g/mol. The number of carbonyl (C=O) groups excluding carboxylic acids is 2. The van der Waals surface area contributed by atoms with Gasteiger partial charge in [0.15, 0.2) is 10.6 Å². The summed E-state index contributed by atoms with van der Waals surface area (Å²) >= 11 is 8.27. The molecule has 0 aliphatic rings. The van der Waals surface area contributed by atoms with Gasteiger partial charge < -0.3 is 4.74 Å². The molecule has 0 aromatic heterocycles. The number of ether oxygens (including phenoxy) is 1. The van der Waals surface area contributed by atoms with Gasteiger partial charge in [0, 0.05) is 0 Å². The minimum absolute atomic E-state index is 0.206. The van der Waals surface area contributed by atoms with E-state index in [0.717, 1.165) is 0 Å². The molecule has 0 aliphatic heterocycles. The molecule has 1 atom stereocenters. The van der Waals surface area contributed by atoms with Crippen molar-refractivity contribution in [2.45, 2.75) is 4.29 Å². The summed E-state index contributed by atoms with van der Waals surface area (Å²) in [5.41, 5.74) is 0.311. The van der Waals surface area contributed by atoms with Crippen LogP contribution in [0.5, 0.6) is 5.75 Å². The van der Waals surface area contributed by atoms with E-state index in [2.05, 4.69) is 15.9 Å². The van der Waals surface area contributed by atoms with Gasteiger partial charge in [-0.15, -0.1) is 0 Å². The van der Waals surface area contributed by atoms with Crippen molar-refractivity contribution in [2.24, 2.45) is 0 Å². The molecular formula is C9H6BrClO3. The van der Waals surface area contributed by atoms with Crippen molar-refractivity contribution in [1.29, 1.82) is 0 Å². The first-order valence-corrected chi connectivity index (χ1v) is 5.04. The maximum Gasteiger partial charge on any atom is 0.340 e. The van der Waals surface area contributed by atoms with Gasteiger partial charge in [-0.25, -0.2) is 4.79 Å². The van der Waals surface area contributed by atoms with E-state index in [-0.39, 0.29) is 5.75 Å². The van der Waals surface area contributed by atoms with Crippen molar-refractivity contribution in [1.82, 2.24) is 0 Å². The third-order valence-corrected chi connectivity index (χ3v) is 1.99. The standard InChI is InChI=1S/C9H6BrClO3/c10-8(11)9(13)14-7-4-2-1-3-6(7)5-12/h1-5,8H. The normalized spacial score (nSPS) is 11.9. The predicted molar refractivity (Wildman–Crippen MR) is 56.0 cm³/mol. The zero-order valence-electron chi connectivity index (χ0n) is 6.94. The Morgan fingerprint density at radius 2 is 2.14 bits per heavy atom. The first-order valence-electron chi connectivity index (χ1n) is 3.69. The Hall–Kier alpha value is -0.870. The molecule has 0 heterocycles. The Bertz CT molecular complexity index is 352. The molecule has 1 rings (SSSR count). The van der Waals surface area contributed by atoms with Crippen LogP contribution in [0.3, 0.4) is 0 Å².